The van der Waals surface area contributed by atoms with Gasteiger partial charge in [0.25, 0.3) is 5.91 Å². The van der Waals surface area contributed by atoms with Gasteiger partial charge in [-0.05, 0) is 37.1 Å². The average molecular weight is 432 g/mol. The summed E-state index contributed by atoms with van der Waals surface area (Å²) in [5.74, 6) is -0.0927. The number of pyridine rings is 1. The predicted octanol–water partition coefficient (Wildman–Crippen LogP) is 2.26. The Kier molecular flexibility index (Phi) is 5.40. The molecule has 1 aromatic carbocycles. The molecule has 0 radical (unpaired) electrons. The summed E-state index contributed by atoms with van der Waals surface area (Å²) in [4.78, 5) is 41.7. The molecule has 1 aliphatic rings. The normalized spacial score (nSPS) is 16.7. The van der Waals surface area contributed by atoms with Crippen molar-refractivity contribution in [2.24, 2.45) is 0 Å². The molecule has 9 nitrogen and oxygen atoms in total. The Hall–Kier alpha value is -3.59. The summed E-state index contributed by atoms with van der Waals surface area (Å²) in [6.07, 6.45) is 6.51. The standard InChI is InChI=1S/C23H24N6O3/c1-32-14-13-28-19-8-3-9-26-21(19)29(23(28)31)16-5-4-12-27(15-16)22(30)17-6-2-7-18-20(17)25-11-10-24-18/h2-3,6-11,16H,4-5,12-15H2,1H3/t16-/m0/s1. The second-order valence-electron chi connectivity index (χ2n) is 7.92. The Labute approximate surface area is 184 Å². The Morgan fingerprint density at radius 3 is 2.88 bits per heavy atom. The van der Waals surface area contributed by atoms with Crippen LogP contribution in [0.1, 0.15) is 29.2 Å². The number of para-hydroxylation sites is 1. The summed E-state index contributed by atoms with van der Waals surface area (Å²) in [6, 6.07) is 9.03. The van der Waals surface area contributed by atoms with E-state index >= 15 is 0 Å². The van der Waals surface area contributed by atoms with Gasteiger partial charge in [-0.15, -0.1) is 0 Å². The molecular formula is C23H24N6O3. The van der Waals surface area contributed by atoms with Crippen LogP contribution < -0.4 is 5.69 Å². The van der Waals surface area contributed by atoms with E-state index in [1.807, 2.05) is 29.2 Å². The van der Waals surface area contributed by atoms with Crippen molar-refractivity contribution in [3.8, 4) is 0 Å². The van der Waals surface area contributed by atoms with Crippen LogP contribution >= 0.6 is 0 Å². The number of fused-ring (bicyclic) bond motifs is 2. The summed E-state index contributed by atoms with van der Waals surface area (Å²) < 4.78 is 8.63. The number of hydrogen-bond acceptors (Lipinski definition) is 6. The first-order valence-electron chi connectivity index (χ1n) is 10.7. The fraction of sp³-hybridized carbons (Fsp3) is 0.348. The van der Waals surface area contributed by atoms with Crippen molar-refractivity contribution >= 4 is 28.1 Å². The summed E-state index contributed by atoms with van der Waals surface area (Å²) >= 11 is 0. The molecule has 1 saturated heterocycles. The van der Waals surface area contributed by atoms with Gasteiger partial charge < -0.3 is 9.64 Å². The number of carbonyl (C=O) groups excluding carboxylic acids is 1. The lowest BCUT2D eigenvalue weighted by Gasteiger charge is -2.33. The van der Waals surface area contributed by atoms with Crippen molar-refractivity contribution < 1.29 is 9.53 Å². The van der Waals surface area contributed by atoms with Gasteiger partial charge in [-0.1, -0.05) is 6.07 Å². The maximum Gasteiger partial charge on any atom is 0.330 e. The minimum atomic E-state index is -0.151. The van der Waals surface area contributed by atoms with Gasteiger partial charge in [0.2, 0.25) is 0 Å². The summed E-state index contributed by atoms with van der Waals surface area (Å²) in [6.45, 7) is 1.96. The third-order valence-electron chi connectivity index (χ3n) is 6.02. The van der Waals surface area contributed by atoms with E-state index in [1.54, 1.807) is 40.9 Å². The lowest BCUT2D eigenvalue weighted by atomic mass is 10.0. The zero-order valence-electron chi connectivity index (χ0n) is 17.8. The summed E-state index contributed by atoms with van der Waals surface area (Å²) in [5.41, 5.74) is 3.12. The van der Waals surface area contributed by atoms with Gasteiger partial charge in [0, 0.05) is 38.8 Å². The molecular weight excluding hydrogens is 408 g/mol. The number of carbonyl (C=O) groups is 1. The van der Waals surface area contributed by atoms with Crippen LogP contribution in [-0.2, 0) is 11.3 Å². The molecule has 1 atom stereocenters. The average Bonchev–Trinajstić information content (AvgIpc) is 3.13. The number of methoxy groups -OCH3 is 1. The van der Waals surface area contributed by atoms with Crippen molar-refractivity contribution in [3.05, 3.63) is 65.0 Å². The number of amides is 1. The van der Waals surface area contributed by atoms with E-state index in [1.165, 1.54) is 0 Å². The Balaban J connectivity index is 1.49. The van der Waals surface area contributed by atoms with Crippen LogP contribution in [-0.4, -0.2) is 61.7 Å². The van der Waals surface area contributed by atoms with Gasteiger partial charge in [-0.2, -0.15) is 0 Å². The minimum absolute atomic E-state index is 0.0927. The zero-order valence-corrected chi connectivity index (χ0v) is 17.8. The predicted molar refractivity (Wildman–Crippen MR) is 120 cm³/mol. The second kappa shape index (κ2) is 8.51. The molecule has 1 fully saturated rings. The molecule has 1 amide bonds. The van der Waals surface area contributed by atoms with Crippen LogP contribution in [0.3, 0.4) is 0 Å². The first kappa shape index (κ1) is 20.3. The molecule has 164 valence electrons. The van der Waals surface area contributed by atoms with E-state index in [2.05, 4.69) is 15.0 Å². The summed E-state index contributed by atoms with van der Waals surface area (Å²) in [7, 11) is 1.62. The smallest absolute Gasteiger partial charge is 0.330 e. The van der Waals surface area contributed by atoms with Crippen LogP contribution in [0.2, 0.25) is 0 Å². The molecule has 0 unspecified atom stereocenters. The molecule has 4 aromatic rings. The maximum absolute atomic E-state index is 13.4. The third kappa shape index (κ3) is 3.44. The Morgan fingerprint density at radius 2 is 2.00 bits per heavy atom. The van der Waals surface area contributed by atoms with E-state index in [0.29, 0.717) is 48.5 Å². The van der Waals surface area contributed by atoms with Gasteiger partial charge in [0.15, 0.2) is 5.65 Å². The summed E-state index contributed by atoms with van der Waals surface area (Å²) in [5, 5.41) is 0. The number of likely N-dealkylation sites (tertiary alicyclic amines) is 1. The highest BCUT2D eigenvalue weighted by Crippen LogP contribution is 2.26. The number of ether oxygens (including phenoxy) is 1. The lowest BCUT2D eigenvalue weighted by molar-refractivity contribution is 0.0680. The van der Waals surface area contributed by atoms with Gasteiger partial charge in [0.1, 0.15) is 5.52 Å². The van der Waals surface area contributed by atoms with Crippen molar-refractivity contribution in [2.75, 3.05) is 26.8 Å². The molecule has 9 heteroatoms. The Morgan fingerprint density at radius 1 is 1.12 bits per heavy atom. The molecule has 0 aliphatic carbocycles. The minimum Gasteiger partial charge on any atom is -0.383 e. The second-order valence-corrected chi connectivity index (χ2v) is 7.92. The first-order valence-corrected chi connectivity index (χ1v) is 10.7. The number of benzene rings is 1. The first-order chi connectivity index (χ1) is 15.7. The molecule has 0 bridgehead atoms. The van der Waals surface area contributed by atoms with Crippen molar-refractivity contribution in [1.29, 1.82) is 0 Å². The van der Waals surface area contributed by atoms with E-state index in [9.17, 15) is 9.59 Å². The van der Waals surface area contributed by atoms with Crippen LogP contribution in [0.4, 0.5) is 0 Å². The molecule has 3 aromatic heterocycles. The molecule has 0 N–H and O–H groups in total. The molecule has 0 spiro atoms. The van der Waals surface area contributed by atoms with E-state index in [-0.39, 0.29) is 17.6 Å². The molecule has 32 heavy (non-hydrogen) atoms. The molecule has 0 saturated carbocycles. The van der Waals surface area contributed by atoms with Crippen molar-refractivity contribution in [2.45, 2.75) is 25.4 Å². The number of aromatic nitrogens is 5. The monoisotopic (exact) mass is 432 g/mol. The van der Waals surface area contributed by atoms with Crippen LogP contribution in [0.15, 0.2) is 53.7 Å². The van der Waals surface area contributed by atoms with E-state index in [0.717, 1.165) is 18.4 Å². The third-order valence-corrected chi connectivity index (χ3v) is 6.02. The highest BCUT2D eigenvalue weighted by Gasteiger charge is 2.30. The van der Waals surface area contributed by atoms with Crippen molar-refractivity contribution in [1.82, 2.24) is 29.0 Å². The maximum atomic E-state index is 13.4. The van der Waals surface area contributed by atoms with Gasteiger partial charge in [-0.3, -0.25) is 23.9 Å². The van der Waals surface area contributed by atoms with Crippen LogP contribution in [0, 0.1) is 0 Å². The molecule has 5 rings (SSSR count). The number of nitrogens with zero attached hydrogens (tertiary/aromatic N) is 6. The molecule has 4 heterocycles. The number of rotatable bonds is 5. The van der Waals surface area contributed by atoms with Gasteiger partial charge in [-0.25, -0.2) is 9.78 Å². The van der Waals surface area contributed by atoms with Crippen molar-refractivity contribution in [3.63, 3.8) is 0 Å². The number of hydrogen-bond donors (Lipinski definition) is 0. The highest BCUT2D eigenvalue weighted by atomic mass is 16.5. The fourth-order valence-electron chi connectivity index (χ4n) is 4.52. The van der Waals surface area contributed by atoms with Gasteiger partial charge >= 0.3 is 5.69 Å². The largest absolute Gasteiger partial charge is 0.383 e. The van der Waals surface area contributed by atoms with E-state index in [4.69, 9.17) is 4.74 Å². The highest BCUT2D eigenvalue weighted by molar-refractivity contribution is 6.04. The topological polar surface area (TPSA) is 95.1 Å². The quantitative estimate of drug-likeness (QED) is 0.480. The van der Waals surface area contributed by atoms with E-state index < -0.39 is 0 Å². The Bertz CT molecular complexity index is 1340. The number of imidazole rings is 1. The molecule has 1 aliphatic heterocycles. The lowest BCUT2D eigenvalue weighted by Crippen LogP contribution is -2.43. The van der Waals surface area contributed by atoms with Gasteiger partial charge in [0.05, 0.1) is 35.8 Å². The van der Waals surface area contributed by atoms with Crippen LogP contribution in [0.5, 0.6) is 0 Å². The number of piperidine rings is 1. The van der Waals surface area contributed by atoms with Crippen LogP contribution in [0.25, 0.3) is 22.2 Å². The fourth-order valence-corrected chi connectivity index (χ4v) is 4.52. The zero-order chi connectivity index (χ0) is 22.1. The SMILES string of the molecule is COCCn1c(=O)n([C@H]2CCCN(C(=O)c3cccc4nccnc34)C2)c2ncccc21.